The molecule has 0 bridgehead atoms. The molecule has 0 atom stereocenters. The third-order valence-corrected chi connectivity index (χ3v) is 2.40. The van der Waals surface area contributed by atoms with Crippen molar-refractivity contribution in [3.8, 4) is 0 Å². The van der Waals surface area contributed by atoms with Gasteiger partial charge in [-0.05, 0) is 20.8 Å². The number of carbonyl (C=O) groups is 1. The number of hydrogen-bond acceptors (Lipinski definition) is 4. The Morgan fingerprint density at radius 3 is 2.67 bits per heavy atom. The molecule has 0 radical (unpaired) electrons. The molecule has 0 fully saturated rings. The highest BCUT2D eigenvalue weighted by Crippen LogP contribution is 2.07. The summed E-state index contributed by atoms with van der Waals surface area (Å²) in [7, 11) is 0. The molecule has 15 heavy (non-hydrogen) atoms. The average molecular weight is 227 g/mol. The minimum absolute atomic E-state index is 0.150. The Labute approximate surface area is 93.0 Å². The van der Waals surface area contributed by atoms with Crippen molar-refractivity contribution in [2.45, 2.75) is 26.3 Å². The molecule has 1 aromatic heterocycles. The highest BCUT2D eigenvalue weighted by atomic mass is 32.1. The fourth-order valence-corrected chi connectivity index (χ4v) is 0.929. The minimum atomic E-state index is -0.743. The Balaban J connectivity index is 2.76. The van der Waals surface area contributed by atoms with E-state index in [1.807, 2.05) is 0 Å². The first kappa shape index (κ1) is 11.6. The van der Waals surface area contributed by atoms with Crippen LogP contribution < -0.4 is 11.1 Å². The summed E-state index contributed by atoms with van der Waals surface area (Å²) < 4.78 is 4.81. The molecule has 1 heterocycles. The van der Waals surface area contributed by atoms with Crippen LogP contribution in [-0.2, 0) is 0 Å². The highest BCUT2D eigenvalue weighted by Gasteiger charge is 2.25. The van der Waals surface area contributed by atoms with E-state index in [0.29, 0.717) is 5.69 Å². The Bertz CT molecular complexity index is 398. The van der Waals surface area contributed by atoms with Crippen molar-refractivity contribution in [3.63, 3.8) is 0 Å². The zero-order valence-corrected chi connectivity index (χ0v) is 9.64. The molecule has 5 nitrogen and oxygen atoms in total. The second-order valence-corrected chi connectivity index (χ2v) is 4.22. The van der Waals surface area contributed by atoms with Gasteiger partial charge in [0.25, 0.3) is 5.91 Å². The molecule has 0 saturated carbocycles. The van der Waals surface area contributed by atoms with Crippen molar-refractivity contribution in [1.29, 1.82) is 0 Å². The summed E-state index contributed by atoms with van der Waals surface area (Å²) in [5, 5.41) is 6.26. The number of nitrogens with two attached hydrogens (primary N) is 1. The number of aromatic nitrogens is 1. The summed E-state index contributed by atoms with van der Waals surface area (Å²) in [5.41, 5.74) is 5.38. The molecule has 3 N–H and O–H groups in total. The SMILES string of the molecule is Cc1cc(C(=O)NC(C)(C)C(N)=S)on1. The number of hydrogen-bond donors (Lipinski definition) is 2. The van der Waals surface area contributed by atoms with Gasteiger partial charge in [-0.2, -0.15) is 0 Å². The summed E-state index contributed by atoms with van der Waals surface area (Å²) >= 11 is 4.82. The molecule has 1 aromatic rings. The molecule has 6 heteroatoms. The number of thiocarbonyl (C=S) groups is 1. The second kappa shape index (κ2) is 3.98. The van der Waals surface area contributed by atoms with Gasteiger partial charge in [0, 0.05) is 6.07 Å². The van der Waals surface area contributed by atoms with Crippen LogP contribution in [0.5, 0.6) is 0 Å². The zero-order valence-electron chi connectivity index (χ0n) is 8.83. The number of carbonyl (C=O) groups excluding carboxylic acids is 1. The van der Waals surface area contributed by atoms with E-state index >= 15 is 0 Å². The fraction of sp³-hybridized carbons (Fsp3) is 0.444. The monoisotopic (exact) mass is 227 g/mol. The maximum Gasteiger partial charge on any atom is 0.290 e. The van der Waals surface area contributed by atoms with Crippen molar-refractivity contribution in [2.75, 3.05) is 0 Å². The van der Waals surface area contributed by atoms with E-state index in [0.717, 1.165) is 0 Å². The summed E-state index contributed by atoms with van der Waals surface area (Å²) in [6, 6.07) is 1.55. The molecular formula is C9H13N3O2S. The lowest BCUT2D eigenvalue weighted by Crippen LogP contribution is -2.52. The van der Waals surface area contributed by atoms with Crippen LogP contribution in [-0.4, -0.2) is 21.6 Å². The topological polar surface area (TPSA) is 81.2 Å². The molecule has 0 saturated heterocycles. The quantitative estimate of drug-likeness (QED) is 0.746. The van der Waals surface area contributed by atoms with Crippen molar-refractivity contribution in [3.05, 3.63) is 17.5 Å². The first-order chi connectivity index (χ1) is 6.83. The van der Waals surface area contributed by atoms with Gasteiger partial charge in [0.1, 0.15) is 0 Å². The van der Waals surface area contributed by atoms with Crippen LogP contribution >= 0.6 is 12.2 Å². The number of nitrogens with zero attached hydrogens (tertiary/aromatic N) is 1. The van der Waals surface area contributed by atoms with Gasteiger partial charge in [-0.15, -0.1) is 0 Å². The van der Waals surface area contributed by atoms with E-state index in [1.165, 1.54) is 0 Å². The van der Waals surface area contributed by atoms with Crippen LogP contribution in [0.2, 0.25) is 0 Å². The normalized spacial score (nSPS) is 11.1. The highest BCUT2D eigenvalue weighted by molar-refractivity contribution is 7.80. The predicted molar refractivity (Wildman–Crippen MR) is 59.6 cm³/mol. The average Bonchev–Trinajstić information content (AvgIpc) is 2.50. The largest absolute Gasteiger partial charge is 0.391 e. The lowest BCUT2D eigenvalue weighted by molar-refractivity contribution is 0.0894. The fourth-order valence-electron chi connectivity index (χ4n) is 0.878. The van der Waals surface area contributed by atoms with Crippen LogP contribution in [0, 0.1) is 6.92 Å². The Morgan fingerprint density at radius 1 is 1.67 bits per heavy atom. The molecule has 1 rings (SSSR count). The van der Waals surface area contributed by atoms with E-state index in [-0.39, 0.29) is 16.7 Å². The van der Waals surface area contributed by atoms with Crippen molar-refractivity contribution >= 4 is 23.1 Å². The van der Waals surface area contributed by atoms with Gasteiger partial charge < -0.3 is 15.6 Å². The first-order valence-electron chi connectivity index (χ1n) is 4.38. The Morgan fingerprint density at radius 2 is 2.27 bits per heavy atom. The van der Waals surface area contributed by atoms with Gasteiger partial charge in [0.05, 0.1) is 16.2 Å². The van der Waals surface area contributed by atoms with Crippen molar-refractivity contribution < 1.29 is 9.32 Å². The smallest absolute Gasteiger partial charge is 0.290 e. The lowest BCUT2D eigenvalue weighted by Gasteiger charge is -2.23. The van der Waals surface area contributed by atoms with Crippen LogP contribution in [0.1, 0.15) is 30.1 Å². The molecule has 82 valence electrons. The van der Waals surface area contributed by atoms with E-state index in [2.05, 4.69) is 10.5 Å². The number of rotatable bonds is 3. The lowest BCUT2D eigenvalue weighted by atomic mass is 10.1. The van der Waals surface area contributed by atoms with Gasteiger partial charge in [-0.3, -0.25) is 4.79 Å². The van der Waals surface area contributed by atoms with E-state index in [4.69, 9.17) is 22.5 Å². The molecule has 0 aliphatic carbocycles. The molecular weight excluding hydrogens is 214 g/mol. The number of amides is 1. The van der Waals surface area contributed by atoms with Crippen LogP contribution in [0.25, 0.3) is 0 Å². The van der Waals surface area contributed by atoms with E-state index in [1.54, 1.807) is 26.8 Å². The van der Waals surface area contributed by atoms with E-state index < -0.39 is 5.54 Å². The molecule has 0 aliphatic heterocycles. The summed E-state index contributed by atoms with van der Waals surface area (Å²) in [5.74, 6) is -0.231. The Kier molecular flexibility index (Phi) is 3.09. The van der Waals surface area contributed by atoms with Gasteiger partial charge in [0.15, 0.2) is 0 Å². The summed E-state index contributed by atoms with van der Waals surface area (Å²) in [4.78, 5) is 11.8. The van der Waals surface area contributed by atoms with Crippen molar-refractivity contribution in [1.82, 2.24) is 10.5 Å². The van der Waals surface area contributed by atoms with Crippen LogP contribution in [0.3, 0.4) is 0 Å². The molecule has 0 spiro atoms. The van der Waals surface area contributed by atoms with Gasteiger partial charge in [-0.25, -0.2) is 0 Å². The van der Waals surface area contributed by atoms with E-state index in [9.17, 15) is 4.79 Å². The van der Waals surface area contributed by atoms with Gasteiger partial charge in [0.2, 0.25) is 5.76 Å². The third-order valence-electron chi connectivity index (χ3n) is 1.89. The Hall–Kier alpha value is -1.43. The van der Waals surface area contributed by atoms with Gasteiger partial charge >= 0.3 is 0 Å². The second-order valence-electron chi connectivity index (χ2n) is 3.78. The third kappa shape index (κ3) is 2.76. The maximum absolute atomic E-state index is 11.6. The summed E-state index contributed by atoms with van der Waals surface area (Å²) in [6.07, 6.45) is 0. The van der Waals surface area contributed by atoms with Crippen LogP contribution in [0.15, 0.2) is 10.6 Å². The molecule has 0 aliphatic rings. The molecule has 0 aromatic carbocycles. The number of nitrogens with one attached hydrogen (secondary N) is 1. The van der Waals surface area contributed by atoms with Crippen LogP contribution in [0.4, 0.5) is 0 Å². The van der Waals surface area contributed by atoms with Crippen molar-refractivity contribution in [2.24, 2.45) is 5.73 Å². The zero-order chi connectivity index (χ0) is 11.6. The number of aryl methyl sites for hydroxylation is 1. The molecule has 0 unspecified atom stereocenters. The standard InChI is InChI=1S/C9H13N3O2S/c1-5-4-6(14-12-5)7(13)11-9(2,3)8(10)15/h4H,1-3H3,(H2,10,15)(H,11,13). The first-order valence-corrected chi connectivity index (χ1v) is 4.79. The minimum Gasteiger partial charge on any atom is -0.391 e. The maximum atomic E-state index is 11.6. The molecule has 1 amide bonds. The summed E-state index contributed by atoms with van der Waals surface area (Å²) in [6.45, 7) is 5.17. The predicted octanol–water partition coefficient (Wildman–Crippen LogP) is 0.778. The van der Waals surface area contributed by atoms with Gasteiger partial charge in [-0.1, -0.05) is 17.4 Å².